The molecule has 1 saturated heterocycles. The third-order valence-corrected chi connectivity index (χ3v) is 5.70. The molecule has 1 fully saturated rings. The number of H-pyrrole nitrogens is 1. The Morgan fingerprint density at radius 3 is 2.60 bits per heavy atom. The Hall–Kier alpha value is -3.19. The fraction of sp³-hybridized carbons (Fsp3) is 0.261. The number of para-hydroxylation sites is 1. The maximum atomic E-state index is 12.5. The summed E-state index contributed by atoms with van der Waals surface area (Å²) in [4.78, 5) is 22.6. The summed E-state index contributed by atoms with van der Waals surface area (Å²) >= 11 is 5.67. The first kappa shape index (κ1) is 20.1. The third kappa shape index (κ3) is 4.21. The summed E-state index contributed by atoms with van der Waals surface area (Å²) in [6.45, 7) is 4.63. The predicted molar refractivity (Wildman–Crippen MR) is 122 cm³/mol. The Morgan fingerprint density at radius 1 is 1.17 bits per heavy atom. The van der Waals surface area contributed by atoms with Crippen molar-refractivity contribution in [2.45, 2.75) is 32.4 Å². The van der Waals surface area contributed by atoms with E-state index in [0.717, 1.165) is 22.8 Å². The van der Waals surface area contributed by atoms with Crippen LogP contribution in [0.2, 0.25) is 0 Å². The first-order valence-corrected chi connectivity index (χ1v) is 10.4. The highest BCUT2D eigenvalue weighted by molar-refractivity contribution is 7.80. The van der Waals surface area contributed by atoms with Crippen LogP contribution in [0.15, 0.2) is 60.8 Å². The van der Waals surface area contributed by atoms with E-state index < -0.39 is 0 Å². The standard InChI is InChI=1S/C23H25N5OS/c1-15-14-18(16(2)25-15)22-21(19-10-6-7-12-24-19)27-23(30)28(22)13-11-20(29)26-17-8-4-3-5-9-17/h3-10,12,14,21-22,25H,11,13H2,1-2H3,(H,26,29)(H,27,30)/t21-,22-/m0/s1. The monoisotopic (exact) mass is 419 g/mol. The van der Waals surface area contributed by atoms with Gasteiger partial charge in [0.2, 0.25) is 5.91 Å². The molecule has 2 aromatic heterocycles. The molecule has 2 atom stereocenters. The van der Waals surface area contributed by atoms with E-state index in [1.54, 1.807) is 6.20 Å². The van der Waals surface area contributed by atoms with Crippen LogP contribution in [0, 0.1) is 13.8 Å². The number of rotatable bonds is 6. The van der Waals surface area contributed by atoms with E-state index in [4.69, 9.17) is 12.2 Å². The molecule has 1 aliphatic heterocycles. The Balaban J connectivity index is 1.56. The number of aromatic amines is 1. The number of aromatic nitrogens is 2. The molecule has 3 heterocycles. The van der Waals surface area contributed by atoms with Crippen molar-refractivity contribution in [2.75, 3.05) is 11.9 Å². The topological polar surface area (TPSA) is 73.1 Å². The van der Waals surface area contributed by atoms with Gasteiger partial charge < -0.3 is 20.5 Å². The molecule has 6 nitrogen and oxygen atoms in total. The smallest absolute Gasteiger partial charge is 0.226 e. The Bertz CT molecular complexity index is 1030. The molecule has 0 unspecified atom stereocenters. The van der Waals surface area contributed by atoms with E-state index in [2.05, 4.69) is 38.5 Å². The van der Waals surface area contributed by atoms with Gasteiger partial charge in [-0.2, -0.15) is 0 Å². The van der Waals surface area contributed by atoms with Crippen molar-refractivity contribution < 1.29 is 4.79 Å². The molecule has 0 saturated carbocycles. The molecule has 4 rings (SSSR count). The van der Waals surface area contributed by atoms with Gasteiger partial charge in [0.15, 0.2) is 5.11 Å². The van der Waals surface area contributed by atoms with Gasteiger partial charge in [0.1, 0.15) is 0 Å². The van der Waals surface area contributed by atoms with Gasteiger partial charge in [0.25, 0.3) is 0 Å². The second kappa shape index (κ2) is 8.67. The molecule has 154 valence electrons. The van der Waals surface area contributed by atoms with Crippen molar-refractivity contribution in [3.63, 3.8) is 0 Å². The van der Waals surface area contributed by atoms with Gasteiger partial charge in [-0.3, -0.25) is 9.78 Å². The predicted octanol–water partition coefficient (Wildman–Crippen LogP) is 4.03. The van der Waals surface area contributed by atoms with Gasteiger partial charge in [0, 0.05) is 36.2 Å². The lowest BCUT2D eigenvalue weighted by Crippen LogP contribution is -2.32. The van der Waals surface area contributed by atoms with Gasteiger partial charge in [-0.1, -0.05) is 24.3 Å². The van der Waals surface area contributed by atoms with Gasteiger partial charge >= 0.3 is 0 Å². The minimum Gasteiger partial charge on any atom is -0.362 e. The molecule has 1 aromatic carbocycles. The number of aryl methyl sites for hydroxylation is 2. The molecular formula is C23H25N5OS. The quantitative estimate of drug-likeness (QED) is 0.526. The lowest BCUT2D eigenvalue weighted by molar-refractivity contribution is -0.116. The van der Waals surface area contributed by atoms with Crippen LogP contribution in [0.3, 0.4) is 0 Å². The van der Waals surface area contributed by atoms with Gasteiger partial charge in [-0.05, 0) is 62.0 Å². The molecule has 3 aromatic rings. The summed E-state index contributed by atoms with van der Waals surface area (Å²) in [5.74, 6) is -0.0361. The number of carbonyl (C=O) groups excluding carboxylic acids is 1. The van der Waals surface area contributed by atoms with Crippen molar-refractivity contribution in [3.05, 3.63) is 83.4 Å². The van der Waals surface area contributed by atoms with Crippen LogP contribution < -0.4 is 10.6 Å². The summed E-state index contributed by atoms with van der Waals surface area (Å²) in [5.41, 5.74) is 5.09. The summed E-state index contributed by atoms with van der Waals surface area (Å²) in [5, 5.41) is 7.01. The van der Waals surface area contributed by atoms with Crippen LogP contribution in [-0.2, 0) is 4.79 Å². The van der Waals surface area contributed by atoms with Crippen molar-refractivity contribution in [1.82, 2.24) is 20.2 Å². The molecule has 0 bridgehead atoms. The average Bonchev–Trinajstić information content (AvgIpc) is 3.25. The van der Waals surface area contributed by atoms with Crippen LogP contribution in [-0.4, -0.2) is 32.4 Å². The normalized spacial score (nSPS) is 18.3. The highest BCUT2D eigenvalue weighted by Crippen LogP contribution is 2.40. The van der Waals surface area contributed by atoms with Crippen molar-refractivity contribution in [3.8, 4) is 0 Å². The fourth-order valence-corrected chi connectivity index (χ4v) is 4.34. The number of benzene rings is 1. The van der Waals surface area contributed by atoms with Crippen molar-refractivity contribution in [2.24, 2.45) is 0 Å². The highest BCUT2D eigenvalue weighted by Gasteiger charge is 2.40. The number of thiocarbonyl (C=S) groups is 1. The Labute approximate surface area is 181 Å². The molecule has 0 spiro atoms. The van der Waals surface area contributed by atoms with Gasteiger partial charge in [-0.15, -0.1) is 0 Å². The van der Waals surface area contributed by atoms with E-state index in [-0.39, 0.29) is 18.0 Å². The van der Waals surface area contributed by atoms with Crippen LogP contribution in [0.1, 0.15) is 41.1 Å². The van der Waals surface area contributed by atoms with Crippen LogP contribution in [0.4, 0.5) is 5.69 Å². The maximum absolute atomic E-state index is 12.5. The lowest BCUT2D eigenvalue weighted by Gasteiger charge is -2.27. The number of carbonyl (C=O) groups is 1. The SMILES string of the molecule is Cc1cc([C@H]2[C@H](c3ccccn3)NC(=S)N2CCC(=O)Nc2ccccc2)c(C)[nH]1. The Morgan fingerprint density at radius 2 is 1.93 bits per heavy atom. The van der Waals surface area contributed by atoms with Crippen molar-refractivity contribution in [1.29, 1.82) is 0 Å². The zero-order chi connectivity index (χ0) is 21.1. The Kier molecular flexibility index (Phi) is 5.81. The molecule has 0 aliphatic carbocycles. The molecule has 0 radical (unpaired) electrons. The first-order valence-electron chi connectivity index (χ1n) is 10.0. The minimum absolute atomic E-state index is 0.0361. The van der Waals surface area contributed by atoms with E-state index in [0.29, 0.717) is 18.1 Å². The van der Waals surface area contributed by atoms with Crippen LogP contribution in [0.25, 0.3) is 0 Å². The second-order valence-corrected chi connectivity index (χ2v) is 7.90. The molecule has 3 N–H and O–H groups in total. The summed E-state index contributed by atoms with van der Waals surface area (Å²) in [7, 11) is 0. The zero-order valence-corrected chi connectivity index (χ0v) is 17.9. The maximum Gasteiger partial charge on any atom is 0.226 e. The first-order chi connectivity index (χ1) is 14.5. The lowest BCUT2D eigenvalue weighted by atomic mass is 9.96. The zero-order valence-electron chi connectivity index (χ0n) is 17.1. The van der Waals surface area contributed by atoms with E-state index in [9.17, 15) is 4.79 Å². The molecule has 30 heavy (non-hydrogen) atoms. The largest absolute Gasteiger partial charge is 0.362 e. The number of amides is 1. The third-order valence-electron chi connectivity index (χ3n) is 5.34. The number of nitrogens with zero attached hydrogens (tertiary/aromatic N) is 2. The van der Waals surface area contributed by atoms with Crippen LogP contribution in [0.5, 0.6) is 0 Å². The number of anilines is 1. The molecular weight excluding hydrogens is 394 g/mol. The molecule has 1 amide bonds. The average molecular weight is 420 g/mol. The number of nitrogens with one attached hydrogen (secondary N) is 3. The fourth-order valence-electron chi connectivity index (χ4n) is 4.00. The van der Waals surface area contributed by atoms with E-state index >= 15 is 0 Å². The van der Waals surface area contributed by atoms with Gasteiger partial charge in [0.05, 0.1) is 17.8 Å². The summed E-state index contributed by atoms with van der Waals surface area (Å²) in [6, 6.07) is 17.4. The molecule has 1 aliphatic rings. The number of hydrogen-bond acceptors (Lipinski definition) is 3. The summed E-state index contributed by atoms with van der Waals surface area (Å²) < 4.78 is 0. The minimum atomic E-state index is -0.0789. The summed E-state index contributed by atoms with van der Waals surface area (Å²) in [6.07, 6.45) is 2.13. The van der Waals surface area contributed by atoms with Crippen molar-refractivity contribution >= 4 is 28.9 Å². The molecule has 7 heteroatoms. The van der Waals surface area contributed by atoms with E-state index in [1.807, 2.05) is 55.5 Å². The van der Waals surface area contributed by atoms with E-state index in [1.165, 1.54) is 5.56 Å². The van der Waals surface area contributed by atoms with Gasteiger partial charge in [-0.25, -0.2) is 0 Å². The second-order valence-electron chi connectivity index (χ2n) is 7.52. The number of hydrogen-bond donors (Lipinski definition) is 3. The van der Waals surface area contributed by atoms with Crippen LogP contribution >= 0.6 is 12.2 Å². The highest BCUT2D eigenvalue weighted by atomic mass is 32.1. The number of pyridine rings is 1.